The van der Waals surface area contributed by atoms with E-state index in [1.807, 2.05) is 13.8 Å². The minimum absolute atomic E-state index is 0.344. The SMILES string of the molecule is Cc1cc(CCCCC(C)(C)OC=O)c(C)cc1CCCCC(C)(C)C. The molecule has 2 nitrogen and oxygen atoms in total. The van der Waals surface area contributed by atoms with Gasteiger partial charge in [-0.2, -0.15) is 0 Å². The second kappa shape index (κ2) is 10.1. The normalized spacial score (nSPS) is 12.3. The Morgan fingerprint density at radius 3 is 1.69 bits per heavy atom. The van der Waals surface area contributed by atoms with Crippen molar-refractivity contribution in [3.8, 4) is 0 Å². The zero-order chi connectivity index (χ0) is 19.8. The third-order valence-corrected chi connectivity index (χ3v) is 5.26. The fourth-order valence-corrected chi connectivity index (χ4v) is 3.50. The fraction of sp³-hybridized carbons (Fsp3) is 0.708. The highest BCUT2D eigenvalue weighted by molar-refractivity contribution is 5.38. The number of carbonyl (C=O) groups excluding carboxylic acids is 1. The van der Waals surface area contributed by atoms with Gasteiger partial charge < -0.3 is 4.74 Å². The fourth-order valence-electron chi connectivity index (χ4n) is 3.50. The van der Waals surface area contributed by atoms with Crippen LogP contribution >= 0.6 is 0 Å². The van der Waals surface area contributed by atoms with E-state index >= 15 is 0 Å². The molecule has 0 atom stereocenters. The number of aryl methyl sites for hydroxylation is 4. The molecular weight excluding hydrogens is 320 g/mol. The summed E-state index contributed by atoms with van der Waals surface area (Å²) in [7, 11) is 0. The predicted molar refractivity (Wildman–Crippen MR) is 112 cm³/mol. The standard InChI is InChI=1S/C24H40O2/c1-19-17-22(13-9-11-15-24(6,7)26-18-25)20(2)16-21(19)12-8-10-14-23(3,4)5/h16-18H,8-15H2,1-7H3. The lowest BCUT2D eigenvalue weighted by Crippen LogP contribution is -2.23. The Kier molecular flexibility index (Phi) is 8.86. The molecule has 0 aliphatic carbocycles. The molecule has 26 heavy (non-hydrogen) atoms. The van der Waals surface area contributed by atoms with Gasteiger partial charge in [0.25, 0.3) is 6.47 Å². The third-order valence-electron chi connectivity index (χ3n) is 5.26. The first kappa shape index (κ1) is 22.7. The number of hydrogen-bond acceptors (Lipinski definition) is 2. The van der Waals surface area contributed by atoms with Gasteiger partial charge in [-0.25, -0.2) is 0 Å². The van der Waals surface area contributed by atoms with E-state index in [1.54, 1.807) is 0 Å². The molecule has 0 bridgehead atoms. The van der Waals surface area contributed by atoms with Crippen molar-refractivity contribution >= 4 is 6.47 Å². The van der Waals surface area contributed by atoms with Crippen LogP contribution in [0, 0.1) is 19.3 Å². The molecule has 0 fully saturated rings. The van der Waals surface area contributed by atoms with Crippen molar-refractivity contribution in [1.82, 2.24) is 0 Å². The van der Waals surface area contributed by atoms with Crippen molar-refractivity contribution < 1.29 is 9.53 Å². The van der Waals surface area contributed by atoms with Gasteiger partial charge in [0, 0.05) is 0 Å². The number of unbranched alkanes of at least 4 members (excludes halogenated alkanes) is 2. The van der Waals surface area contributed by atoms with Crippen LogP contribution in [-0.2, 0) is 22.4 Å². The highest BCUT2D eigenvalue weighted by atomic mass is 16.5. The Morgan fingerprint density at radius 1 is 0.808 bits per heavy atom. The van der Waals surface area contributed by atoms with Gasteiger partial charge in [0.15, 0.2) is 0 Å². The summed E-state index contributed by atoms with van der Waals surface area (Å²) in [6, 6.07) is 4.79. The Morgan fingerprint density at radius 2 is 1.27 bits per heavy atom. The molecule has 0 aliphatic heterocycles. The van der Waals surface area contributed by atoms with Crippen LogP contribution in [-0.4, -0.2) is 12.1 Å². The Hall–Kier alpha value is -1.31. The Balaban J connectivity index is 2.49. The van der Waals surface area contributed by atoms with Crippen LogP contribution in [0.4, 0.5) is 0 Å². The monoisotopic (exact) mass is 360 g/mol. The average Bonchev–Trinajstić information content (AvgIpc) is 2.50. The lowest BCUT2D eigenvalue weighted by molar-refractivity contribution is -0.140. The third kappa shape index (κ3) is 8.87. The van der Waals surface area contributed by atoms with Gasteiger partial charge in [-0.05, 0) is 100 Å². The van der Waals surface area contributed by atoms with Crippen molar-refractivity contribution in [2.45, 2.75) is 105 Å². The Labute approximate surface area is 161 Å². The van der Waals surface area contributed by atoms with E-state index in [9.17, 15) is 4.79 Å². The van der Waals surface area contributed by atoms with E-state index in [-0.39, 0.29) is 5.60 Å². The molecule has 1 rings (SSSR count). The summed E-state index contributed by atoms with van der Waals surface area (Å²) in [5.74, 6) is 0. The first-order valence-electron chi connectivity index (χ1n) is 10.2. The summed E-state index contributed by atoms with van der Waals surface area (Å²) in [5.41, 5.74) is 5.94. The van der Waals surface area contributed by atoms with E-state index in [0.29, 0.717) is 11.9 Å². The second-order valence-electron chi connectivity index (χ2n) is 9.65. The largest absolute Gasteiger partial charge is 0.462 e. The molecule has 0 heterocycles. The highest BCUT2D eigenvalue weighted by Crippen LogP contribution is 2.25. The molecule has 0 N–H and O–H groups in total. The summed E-state index contributed by atoms with van der Waals surface area (Å²) in [5, 5.41) is 0. The molecule has 0 radical (unpaired) electrons. The van der Waals surface area contributed by atoms with Crippen molar-refractivity contribution in [3.63, 3.8) is 0 Å². The van der Waals surface area contributed by atoms with Crippen LogP contribution in [0.2, 0.25) is 0 Å². The van der Waals surface area contributed by atoms with Crippen LogP contribution in [0.15, 0.2) is 12.1 Å². The van der Waals surface area contributed by atoms with Crippen molar-refractivity contribution in [1.29, 1.82) is 0 Å². The van der Waals surface area contributed by atoms with Crippen LogP contribution in [0.5, 0.6) is 0 Å². The van der Waals surface area contributed by atoms with Gasteiger partial charge in [-0.15, -0.1) is 0 Å². The van der Waals surface area contributed by atoms with Crippen molar-refractivity contribution in [2.24, 2.45) is 5.41 Å². The van der Waals surface area contributed by atoms with Crippen molar-refractivity contribution in [2.75, 3.05) is 0 Å². The summed E-state index contributed by atoms with van der Waals surface area (Å²) in [6.45, 7) is 16.0. The van der Waals surface area contributed by atoms with Gasteiger partial charge in [-0.1, -0.05) is 39.3 Å². The van der Waals surface area contributed by atoms with Gasteiger partial charge in [0.2, 0.25) is 0 Å². The molecule has 0 aromatic heterocycles. The molecule has 2 heteroatoms. The first-order valence-corrected chi connectivity index (χ1v) is 10.2. The average molecular weight is 361 g/mol. The molecule has 148 valence electrons. The maximum Gasteiger partial charge on any atom is 0.293 e. The molecule has 1 aromatic rings. The minimum Gasteiger partial charge on any atom is -0.462 e. The van der Waals surface area contributed by atoms with Crippen molar-refractivity contribution in [3.05, 3.63) is 34.4 Å². The summed E-state index contributed by atoms with van der Waals surface area (Å²) < 4.78 is 5.13. The number of carbonyl (C=O) groups is 1. The molecule has 0 saturated heterocycles. The molecule has 0 saturated carbocycles. The summed E-state index contributed by atoms with van der Waals surface area (Å²) >= 11 is 0. The van der Waals surface area contributed by atoms with E-state index in [0.717, 1.165) is 25.7 Å². The highest BCUT2D eigenvalue weighted by Gasteiger charge is 2.17. The molecule has 1 aromatic carbocycles. The molecule has 0 spiro atoms. The number of ether oxygens (including phenoxy) is 1. The predicted octanol–water partition coefficient (Wildman–Crippen LogP) is 6.73. The zero-order valence-electron chi connectivity index (χ0n) is 18.2. The van der Waals surface area contributed by atoms with Crippen LogP contribution < -0.4 is 0 Å². The van der Waals surface area contributed by atoms with Gasteiger partial charge in [-0.3, -0.25) is 4.79 Å². The number of benzene rings is 1. The van der Waals surface area contributed by atoms with E-state index in [4.69, 9.17) is 4.74 Å². The van der Waals surface area contributed by atoms with Crippen LogP contribution in [0.1, 0.15) is 95.4 Å². The van der Waals surface area contributed by atoms with Gasteiger partial charge >= 0.3 is 0 Å². The molecular formula is C24H40O2. The Bertz CT molecular complexity index is 564. The number of hydrogen-bond donors (Lipinski definition) is 0. The van der Waals surface area contributed by atoms with E-state index in [2.05, 4.69) is 46.8 Å². The van der Waals surface area contributed by atoms with Gasteiger partial charge in [0.05, 0.1) is 0 Å². The zero-order valence-corrected chi connectivity index (χ0v) is 18.2. The lowest BCUT2D eigenvalue weighted by atomic mass is 9.88. The summed E-state index contributed by atoms with van der Waals surface area (Å²) in [6.07, 6.45) is 9.31. The molecule has 0 aliphatic rings. The lowest BCUT2D eigenvalue weighted by Gasteiger charge is -2.22. The quantitative estimate of drug-likeness (QED) is 0.323. The maximum absolute atomic E-state index is 10.5. The number of rotatable bonds is 11. The maximum atomic E-state index is 10.5. The minimum atomic E-state index is -0.344. The second-order valence-corrected chi connectivity index (χ2v) is 9.65. The van der Waals surface area contributed by atoms with Crippen LogP contribution in [0.25, 0.3) is 0 Å². The smallest absolute Gasteiger partial charge is 0.293 e. The van der Waals surface area contributed by atoms with E-state index < -0.39 is 0 Å². The van der Waals surface area contributed by atoms with Crippen LogP contribution in [0.3, 0.4) is 0 Å². The molecule has 0 amide bonds. The summed E-state index contributed by atoms with van der Waals surface area (Å²) in [4.78, 5) is 10.5. The molecule has 0 unspecified atom stereocenters. The first-order chi connectivity index (χ1) is 12.0. The topological polar surface area (TPSA) is 26.3 Å². The van der Waals surface area contributed by atoms with E-state index in [1.165, 1.54) is 47.9 Å². The van der Waals surface area contributed by atoms with Gasteiger partial charge in [0.1, 0.15) is 5.60 Å².